The van der Waals surface area contributed by atoms with Crippen molar-refractivity contribution in [2.24, 2.45) is 5.73 Å². The molecular formula is C21H20ClFN4OS. The predicted octanol–water partition coefficient (Wildman–Crippen LogP) is 3.95. The molecule has 1 aromatic heterocycles. The monoisotopic (exact) mass is 430 g/mol. The Bertz CT molecular complexity index is 985. The zero-order valence-corrected chi connectivity index (χ0v) is 17.2. The van der Waals surface area contributed by atoms with Gasteiger partial charge in [0, 0.05) is 42.1 Å². The number of carbonyl (C=O) groups excluding carboxylic acids is 1. The lowest BCUT2D eigenvalue weighted by Gasteiger charge is -2.38. The van der Waals surface area contributed by atoms with E-state index in [1.54, 1.807) is 35.6 Å². The van der Waals surface area contributed by atoms with Gasteiger partial charge in [-0.25, -0.2) is 9.37 Å². The summed E-state index contributed by atoms with van der Waals surface area (Å²) in [4.78, 5) is 21.1. The molecule has 1 amide bonds. The van der Waals surface area contributed by atoms with Crippen LogP contribution in [0, 0.1) is 5.82 Å². The molecule has 5 nitrogen and oxygen atoms in total. The Kier molecular flexibility index (Phi) is 5.80. The maximum atomic E-state index is 13.1. The van der Waals surface area contributed by atoms with Crippen molar-refractivity contribution in [2.45, 2.75) is 6.04 Å². The van der Waals surface area contributed by atoms with Crippen molar-refractivity contribution in [3.05, 3.63) is 70.3 Å². The van der Waals surface area contributed by atoms with E-state index >= 15 is 0 Å². The molecule has 0 spiro atoms. The molecule has 150 valence electrons. The molecule has 1 aliphatic heterocycles. The van der Waals surface area contributed by atoms with Crippen molar-refractivity contribution >= 4 is 34.0 Å². The van der Waals surface area contributed by atoms with Crippen LogP contribution in [-0.4, -0.2) is 42.0 Å². The number of nitrogens with zero attached hydrogens (tertiary/aromatic N) is 3. The van der Waals surface area contributed by atoms with Crippen molar-refractivity contribution in [3.8, 4) is 11.3 Å². The maximum Gasteiger partial charge on any atom is 0.239 e. The van der Waals surface area contributed by atoms with Crippen molar-refractivity contribution in [2.75, 3.05) is 31.1 Å². The topological polar surface area (TPSA) is 62.5 Å². The minimum Gasteiger partial charge on any atom is -0.368 e. The second-order valence-corrected chi connectivity index (χ2v) is 8.17. The van der Waals surface area contributed by atoms with E-state index < -0.39 is 6.04 Å². The number of amides is 1. The highest BCUT2D eigenvalue weighted by molar-refractivity contribution is 7.14. The Balaban J connectivity index is 1.44. The molecule has 3 aromatic rings. The Morgan fingerprint density at radius 2 is 1.72 bits per heavy atom. The SMILES string of the molecule is NC(=O)C(c1ccc(Cl)cc1)N1CCN(c2nc(-c3ccc(F)cc3)cs2)CC1. The fourth-order valence-corrected chi connectivity index (χ4v) is 4.55. The molecule has 0 aliphatic carbocycles. The maximum absolute atomic E-state index is 13.1. The summed E-state index contributed by atoms with van der Waals surface area (Å²) in [6, 6.07) is 13.1. The highest BCUT2D eigenvalue weighted by atomic mass is 35.5. The number of carbonyl (C=O) groups is 1. The van der Waals surface area contributed by atoms with Gasteiger partial charge in [0.05, 0.1) is 5.69 Å². The Labute approximate surface area is 177 Å². The zero-order valence-electron chi connectivity index (χ0n) is 15.6. The van der Waals surface area contributed by atoms with Crippen LogP contribution in [0.4, 0.5) is 9.52 Å². The summed E-state index contributed by atoms with van der Waals surface area (Å²) in [6.45, 7) is 2.88. The largest absolute Gasteiger partial charge is 0.368 e. The van der Waals surface area contributed by atoms with Crippen LogP contribution in [0.1, 0.15) is 11.6 Å². The highest BCUT2D eigenvalue weighted by Gasteiger charge is 2.29. The molecule has 2 N–H and O–H groups in total. The smallest absolute Gasteiger partial charge is 0.239 e. The first-order chi connectivity index (χ1) is 14.0. The van der Waals surface area contributed by atoms with Gasteiger partial charge in [-0.05, 0) is 42.0 Å². The minimum absolute atomic E-state index is 0.259. The van der Waals surface area contributed by atoms with Gasteiger partial charge in [0.2, 0.25) is 5.91 Å². The van der Waals surface area contributed by atoms with Gasteiger partial charge in [-0.15, -0.1) is 11.3 Å². The van der Waals surface area contributed by atoms with Crippen LogP contribution < -0.4 is 10.6 Å². The number of benzene rings is 2. The third-order valence-electron chi connectivity index (χ3n) is 5.04. The van der Waals surface area contributed by atoms with Crippen LogP contribution >= 0.6 is 22.9 Å². The summed E-state index contributed by atoms with van der Waals surface area (Å²) in [5.74, 6) is -0.626. The molecule has 1 atom stereocenters. The molecule has 29 heavy (non-hydrogen) atoms. The number of halogens is 2. The summed E-state index contributed by atoms with van der Waals surface area (Å²) in [5, 5.41) is 3.53. The van der Waals surface area contributed by atoms with Crippen molar-refractivity contribution in [3.63, 3.8) is 0 Å². The van der Waals surface area contributed by atoms with Crippen LogP contribution in [0.3, 0.4) is 0 Å². The third kappa shape index (κ3) is 4.42. The lowest BCUT2D eigenvalue weighted by atomic mass is 10.0. The lowest BCUT2D eigenvalue weighted by Crippen LogP contribution is -2.50. The number of hydrogen-bond donors (Lipinski definition) is 1. The molecule has 4 rings (SSSR count). The normalized spacial score (nSPS) is 16.0. The second-order valence-electron chi connectivity index (χ2n) is 6.90. The van der Waals surface area contributed by atoms with E-state index in [4.69, 9.17) is 22.3 Å². The number of aromatic nitrogens is 1. The number of rotatable bonds is 5. The van der Waals surface area contributed by atoms with Crippen LogP contribution in [0.5, 0.6) is 0 Å². The third-order valence-corrected chi connectivity index (χ3v) is 6.19. The molecular weight excluding hydrogens is 411 g/mol. The van der Waals surface area contributed by atoms with Crippen molar-refractivity contribution in [1.82, 2.24) is 9.88 Å². The average Bonchev–Trinajstić information content (AvgIpc) is 3.21. The van der Waals surface area contributed by atoms with Crippen molar-refractivity contribution in [1.29, 1.82) is 0 Å². The molecule has 1 aliphatic rings. The van der Waals surface area contributed by atoms with Crippen LogP contribution in [0.2, 0.25) is 5.02 Å². The fourth-order valence-electron chi connectivity index (χ4n) is 3.53. The molecule has 8 heteroatoms. The number of primary amides is 1. The van der Waals surface area contributed by atoms with Gasteiger partial charge in [-0.2, -0.15) is 0 Å². The summed E-state index contributed by atoms with van der Waals surface area (Å²) in [7, 11) is 0. The van der Waals surface area contributed by atoms with Crippen LogP contribution in [0.15, 0.2) is 53.9 Å². The highest BCUT2D eigenvalue weighted by Crippen LogP contribution is 2.30. The standard InChI is InChI=1S/C21H20ClFN4OS/c22-16-5-1-15(2-6-16)19(20(24)28)26-9-11-27(12-10-26)21-25-18(13-29-21)14-3-7-17(23)8-4-14/h1-8,13,19H,9-12H2,(H2,24,28). The summed E-state index contributed by atoms with van der Waals surface area (Å²) in [6.07, 6.45) is 0. The molecule has 0 saturated carbocycles. The van der Waals surface area contributed by atoms with Gasteiger partial charge in [0.25, 0.3) is 0 Å². The van der Waals surface area contributed by atoms with Gasteiger partial charge in [0.1, 0.15) is 11.9 Å². The molecule has 2 heterocycles. The van der Waals surface area contributed by atoms with E-state index in [2.05, 4.69) is 9.80 Å². The van der Waals surface area contributed by atoms with Crippen LogP contribution in [0.25, 0.3) is 11.3 Å². The molecule has 2 aromatic carbocycles. The van der Waals surface area contributed by atoms with E-state index in [9.17, 15) is 9.18 Å². The molecule has 1 fully saturated rings. The Morgan fingerprint density at radius 3 is 2.34 bits per heavy atom. The second kappa shape index (κ2) is 8.49. The van der Waals surface area contributed by atoms with Gasteiger partial charge >= 0.3 is 0 Å². The fraction of sp³-hybridized carbons (Fsp3) is 0.238. The molecule has 0 radical (unpaired) electrons. The summed E-state index contributed by atoms with van der Waals surface area (Å²) in [5.41, 5.74) is 8.28. The molecule has 1 unspecified atom stereocenters. The quantitative estimate of drug-likeness (QED) is 0.665. The average molecular weight is 431 g/mol. The minimum atomic E-state index is -0.472. The summed E-state index contributed by atoms with van der Waals surface area (Å²) >= 11 is 7.53. The first kappa shape index (κ1) is 19.8. The Hall–Kier alpha value is -2.48. The van der Waals surface area contributed by atoms with Gasteiger partial charge in [0.15, 0.2) is 5.13 Å². The number of anilines is 1. The van der Waals surface area contributed by atoms with E-state index in [1.807, 2.05) is 17.5 Å². The van der Waals surface area contributed by atoms with E-state index in [1.165, 1.54) is 12.1 Å². The van der Waals surface area contributed by atoms with Crippen LogP contribution in [-0.2, 0) is 4.79 Å². The first-order valence-corrected chi connectivity index (χ1v) is 10.5. The van der Waals surface area contributed by atoms with Gasteiger partial charge < -0.3 is 10.6 Å². The van der Waals surface area contributed by atoms with Gasteiger partial charge in [-0.1, -0.05) is 23.7 Å². The van der Waals surface area contributed by atoms with Gasteiger partial charge in [-0.3, -0.25) is 9.69 Å². The zero-order chi connectivity index (χ0) is 20.4. The summed E-state index contributed by atoms with van der Waals surface area (Å²) < 4.78 is 13.1. The first-order valence-electron chi connectivity index (χ1n) is 9.26. The van der Waals surface area contributed by atoms with E-state index in [-0.39, 0.29) is 11.7 Å². The Morgan fingerprint density at radius 1 is 1.07 bits per heavy atom. The number of nitrogens with two attached hydrogens (primary N) is 1. The lowest BCUT2D eigenvalue weighted by molar-refractivity contribution is -0.123. The molecule has 0 bridgehead atoms. The van der Waals surface area contributed by atoms with Crippen molar-refractivity contribution < 1.29 is 9.18 Å². The predicted molar refractivity (Wildman–Crippen MR) is 115 cm³/mol. The number of hydrogen-bond acceptors (Lipinski definition) is 5. The molecule has 1 saturated heterocycles. The van der Waals surface area contributed by atoms with E-state index in [0.29, 0.717) is 18.1 Å². The number of thiazole rings is 1. The van der Waals surface area contributed by atoms with E-state index in [0.717, 1.165) is 35.0 Å². The number of piperazine rings is 1.